The molecule has 5 aromatic rings. The zero-order valence-corrected chi connectivity index (χ0v) is 18.6. The second-order valence-electron chi connectivity index (χ2n) is 8.50. The molecule has 0 atom stereocenters. The number of aryl methyl sites for hydroxylation is 1. The van der Waals surface area contributed by atoms with E-state index in [-0.39, 0.29) is 0 Å². The van der Waals surface area contributed by atoms with Crippen molar-refractivity contribution in [2.45, 2.75) is 6.92 Å². The summed E-state index contributed by atoms with van der Waals surface area (Å²) in [5.74, 6) is 0. The Morgan fingerprint density at radius 1 is 0.667 bits per heavy atom. The molecule has 0 bridgehead atoms. The Hall–Kier alpha value is -4.30. The molecule has 6 rings (SSSR count). The van der Waals surface area contributed by atoms with Crippen LogP contribution in [0.4, 0.5) is 11.4 Å². The molecule has 0 unspecified atom stereocenters. The average molecular weight is 425 g/mol. The second-order valence-corrected chi connectivity index (χ2v) is 8.50. The van der Waals surface area contributed by atoms with E-state index in [2.05, 4.69) is 132 Å². The maximum atomic E-state index is 4.27. The van der Waals surface area contributed by atoms with Crippen molar-refractivity contribution < 1.29 is 0 Å². The van der Waals surface area contributed by atoms with Crippen LogP contribution in [0.25, 0.3) is 33.1 Å². The van der Waals surface area contributed by atoms with Crippen molar-refractivity contribution in [3.63, 3.8) is 0 Å². The van der Waals surface area contributed by atoms with Crippen LogP contribution >= 0.6 is 0 Å². The molecule has 0 spiro atoms. The van der Waals surface area contributed by atoms with Crippen LogP contribution in [-0.4, -0.2) is 4.57 Å². The molecule has 0 saturated carbocycles. The molecule has 4 aromatic carbocycles. The van der Waals surface area contributed by atoms with Crippen molar-refractivity contribution in [3.8, 4) is 5.69 Å². The summed E-state index contributed by atoms with van der Waals surface area (Å²) in [6.45, 7) is 6.40. The predicted octanol–water partition coefficient (Wildman–Crippen LogP) is 8.33. The molecule has 1 aliphatic heterocycles. The Morgan fingerprint density at radius 2 is 1.39 bits per heavy atom. The summed E-state index contributed by atoms with van der Waals surface area (Å²) in [5.41, 5.74) is 9.23. The van der Waals surface area contributed by atoms with Gasteiger partial charge in [0.05, 0.1) is 16.7 Å². The fraction of sp³-hybridized carbons (Fsp3) is 0.0323. The Bertz CT molecular complexity index is 1580. The zero-order chi connectivity index (χ0) is 22.4. The molecule has 158 valence electrons. The normalized spacial score (nSPS) is 15.3. The van der Waals surface area contributed by atoms with Crippen LogP contribution in [0.1, 0.15) is 11.1 Å². The molecule has 0 amide bonds. The first kappa shape index (κ1) is 19.4. The monoisotopic (exact) mass is 424 g/mol. The minimum atomic E-state index is 1.01. The van der Waals surface area contributed by atoms with Gasteiger partial charge in [-0.1, -0.05) is 78.9 Å². The largest absolute Gasteiger partial charge is 0.316 e. The molecular formula is C31H24N2. The number of hydrogen-bond donors (Lipinski definition) is 0. The lowest BCUT2D eigenvalue weighted by Crippen LogP contribution is -2.11. The summed E-state index contributed by atoms with van der Waals surface area (Å²) in [4.78, 5) is 2.25. The lowest BCUT2D eigenvalue weighted by molar-refractivity contribution is 1.17. The maximum Gasteiger partial charge on any atom is 0.0561 e. The summed E-state index contributed by atoms with van der Waals surface area (Å²) in [6.07, 6.45) is 8.31. The van der Waals surface area contributed by atoms with Gasteiger partial charge >= 0.3 is 0 Å². The van der Waals surface area contributed by atoms with Gasteiger partial charge in [0.2, 0.25) is 0 Å². The Balaban J connectivity index is 1.63. The number of aromatic nitrogens is 1. The van der Waals surface area contributed by atoms with Gasteiger partial charge in [-0.25, -0.2) is 0 Å². The molecule has 1 aromatic heterocycles. The molecule has 0 aliphatic carbocycles. The van der Waals surface area contributed by atoms with E-state index in [9.17, 15) is 0 Å². The summed E-state index contributed by atoms with van der Waals surface area (Å²) in [5, 5.41) is 2.52. The van der Waals surface area contributed by atoms with Gasteiger partial charge in [-0.3, -0.25) is 0 Å². The molecule has 0 radical (unpaired) electrons. The number of hydrogen-bond acceptors (Lipinski definition) is 1. The highest BCUT2D eigenvalue weighted by atomic mass is 15.1. The first-order valence-corrected chi connectivity index (χ1v) is 11.2. The summed E-state index contributed by atoms with van der Waals surface area (Å²) < 4.78 is 2.37. The molecule has 2 heterocycles. The standard InChI is InChI=1S/C31H24N2/c1-22-14-16-24(17-15-22)33-30-13-6-4-11-27(30)28-19-18-25(21-31(28)33)32-20-8-7-9-23(2)26-10-3-5-12-29(26)32/h3-21H,2H2,1H3/b9-7-,20-8-. The van der Waals surface area contributed by atoms with Gasteiger partial charge in [0, 0.05) is 33.9 Å². The fourth-order valence-corrected chi connectivity index (χ4v) is 4.74. The second kappa shape index (κ2) is 7.68. The lowest BCUT2D eigenvalue weighted by atomic mass is 10.0. The fourth-order valence-electron chi connectivity index (χ4n) is 4.74. The van der Waals surface area contributed by atoms with Crippen molar-refractivity contribution in [1.29, 1.82) is 0 Å². The first-order chi connectivity index (χ1) is 16.2. The number of benzene rings is 4. The lowest BCUT2D eigenvalue weighted by Gasteiger charge is -2.25. The van der Waals surface area contributed by atoms with Gasteiger partial charge < -0.3 is 9.47 Å². The van der Waals surface area contributed by atoms with Crippen molar-refractivity contribution in [1.82, 2.24) is 4.57 Å². The highest BCUT2D eigenvalue weighted by Crippen LogP contribution is 2.38. The number of anilines is 2. The average Bonchev–Trinajstić information content (AvgIpc) is 3.17. The number of nitrogens with zero attached hydrogens (tertiary/aromatic N) is 2. The third-order valence-electron chi connectivity index (χ3n) is 6.38. The minimum absolute atomic E-state index is 1.01. The SMILES string of the molecule is C=C1/C=C\C=C/N(c2ccc3c4ccccc4n(-c4ccc(C)cc4)c3c2)c2ccccc21. The minimum Gasteiger partial charge on any atom is -0.316 e. The van der Waals surface area contributed by atoms with Gasteiger partial charge in [-0.15, -0.1) is 0 Å². The molecule has 33 heavy (non-hydrogen) atoms. The van der Waals surface area contributed by atoms with Crippen LogP contribution in [0, 0.1) is 6.92 Å². The highest BCUT2D eigenvalue weighted by molar-refractivity contribution is 6.10. The van der Waals surface area contributed by atoms with E-state index in [0.29, 0.717) is 0 Å². The summed E-state index contributed by atoms with van der Waals surface area (Å²) in [6, 6.07) is 32.6. The van der Waals surface area contributed by atoms with Crippen LogP contribution < -0.4 is 4.90 Å². The van der Waals surface area contributed by atoms with E-state index in [0.717, 1.165) is 22.5 Å². The maximum absolute atomic E-state index is 4.27. The van der Waals surface area contributed by atoms with Crippen LogP contribution in [-0.2, 0) is 0 Å². The quantitative estimate of drug-likeness (QED) is 0.276. The first-order valence-electron chi connectivity index (χ1n) is 11.2. The number of rotatable bonds is 2. The predicted molar refractivity (Wildman–Crippen MR) is 141 cm³/mol. The van der Waals surface area contributed by atoms with Crippen molar-refractivity contribution in [2.24, 2.45) is 0 Å². The van der Waals surface area contributed by atoms with Crippen molar-refractivity contribution in [2.75, 3.05) is 4.90 Å². The molecule has 0 fully saturated rings. The topological polar surface area (TPSA) is 8.17 Å². The molecule has 0 saturated heterocycles. The van der Waals surface area contributed by atoms with Crippen LogP contribution in [0.3, 0.4) is 0 Å². The van der Waals surface area contributed by atoms with Crippen LogP contribution in [0.5, 0.6) is 0 Å². The van der Waals surface area contributed by atoms with Crippen molar-refractivity contribution >= 4 is 38.8 Å². The van der Waals surface area contributed by atoms with E-state index in [1.54, 1.807) is 0 Å². The van der Waals surface area contributed by atoms with Gasteiger partial charge in [-0.2, -0.15) is 0 Å². The summed E-state index contributed by atoms with van der Waals surface area (Å²) >= 11 is 0. The Morgan fingerprint density at radius 3 is 2.27 bits per heavy atom. The Kier molecular flexibility index (Phi) is 4.51. The number of allylic oxidation sites excluding steroid dienone is 4. The molecule has 2 heteroatoms. The molecular weight excluding hydrogens is 400 g/mol. The van der Waals surface area contributed by atoms with Gasteiger partial charge in [0.25, 0.3) is 0 Å². The van der Waals surface area contributed by atoms with E-state index >= 15 is 0 Å². The van der Waals surface area contributed by atoms with E-state index in [1.165, 1.54) is 33.1 Å². The molecule has 1 aliphatic rings. The molecule has 2 nitrogen and oxygen atoms in total. The van der Waals surface area contributed by atoms with Gasteiger partial charge in [-0.05, 0) is 55.0 Å². The highest BCUT2D eigenvalue weighted by Gasteiger charge is 2.17. The summed E-state index contributed by atoms with van der Waals surface area (Å²) in [7, 11) is 0. The van der Waals surface area contributed by atoms with Gasteiger partial charge in [0.1, 0.15) is 0 Å². The number of para-hydroxylation sites is 2. The van der Waals surface area contributed by atoms with E-state index in [1.807, 2.05) is 6.08 Å². The third kappa shape index (κ3) is 3.19. The third-order valence-corrected chi connectivity index (χ3v) is 6.38. The van der Waals surface area contributed by atoms with Crippen molar-refractivity contribution in [3.05, 3.63) is 133 Å². The zero-order valence-electron chi connectivity index (χ0n) is 18.6. The smallest absolute Gasteiger partial charge is 0.0561 e. The van der Waals surface area contributed by atoms with E-state index in [4.69, 9.17) is 0 Å². The van der Waals surface area contributed by atoms with Crippen LogP contribution in [0.15, 0.2) is 122 Å². The number of fused-ring (bicyclic) bond motifs is 4. The Labute approximate surface area is 194 Å². The molecule has 0 N–H and O–H groups in total. The van der Waals surface area contributed by atoms with Gasteiger partial charge in [0.15, 0.2) is 0 Å². The van der Waals surface area contributed by atoms with Crippen LogP contribution in [0.2, 0.25) is 0 Å². The van der Waals surface area contributed by atoms with E-state index < -0.39 is 0 Å².